The zero-order chi connectivity index (χ0) is 11.5. The summed E-state index contributed by atoms with van der Waals surface area (Å²) in [6, 6.07) is 6.14. The summed E-state index contributed by atoms with van der Waals surface area (Å²) in [6.45, 7) is 1.38. The smallest absolute Gasteiger partial charge is 0.227 e. The molecule has 1 fully saturated rings. The van der Waals surface area contributed by atoms with Crippen LogP contribution in [0.5, 0.6) is 0 Å². The molecular weight excluding hydrogens is 243 g/mol. The van der Waals surface area contributed by atoms with Gasteiger partial charge in [-0.25, -0.2) is 4.39 Å². The van der Waals surface area contributed by atoms with Crippen molar-refractivity contribution in [3.05, 3.63) is 35.6 Å². The molecule has 0 bridgehead atoms. The molecule has 2 N–H and O–H groups in total. The molecule has 1 heterocycles. The van der Waals surface area contributed by atoms with Gasteiger partial charge in [-0.1, -0.05) is 12.1 Å². The Labute approximate surface area is 106 Å². The lowest BCUT2D eigenvalue weighted by Gasteiger charge is -2.15. The Bertz CT molecular complexity index is 383. The van der Waals surface area contributed by atoms with Gasteiger partial charge in [-0.2, -0.15) is 0 Å². The highest BCUT2D eigenvalue weighted by molar-refractivity contribution is 5.85. The molecule has 1 saturated heterocycles. The fourth-order valence-corrected chi connectivity index (χ4v) is 1.90. The second-order valence-electron chi connectivity index (χ2n) is 4.19. The van der Waals surface area contributed by atoms with Crippen molar-refractivity contribution < 1.29 is 9.18 Å². The molecule has 1 atom stereocenters. The average molecular weight is 259 g/mol. The van der Waals surface area contributed by atoms with Crippen LogP contribution in [0.3, 0.4) is 0 Å². The summed E-state index contributed by atoms with van der Waals surface area (Å²) in [5.41, 5.74) is 6.57. The van der Waals surface area contributed by atoms with E-state index in [9.17, 15) is 9.18 Å². The first-order valence-electron chi connectivity index (χ1n) is 5.43. The van der Waals surface area contributed by atoms with Gasteiger partial charge in [0.2, 0.25) is 5.91 Å². The molecule has 94 valence electrons. The van der Waals surface area contributed by atoms with E-state index in [1.807, 2.05) is 0 Å². The molecule has 1 aromatic rings. The van der Waals surface area contributed by atoms with Crippen molar-refractivity contribution in [2.75, 3.05) is 13.1 Å². The van der Waals surface area contributed by atoms with E-state index in [2.05, 4.69) is 0 Å². The molecule has 0 spiro atoms. The Hall–Kier alpha value is -1.13. The van der Waals surface area contributed by atoms with Crippen LogP contribution in [0, 0.1) is 5.82 Å². The molecule has 1 aliphatic rings. The molecule has 0 radical (unpaired) electrons. The first kappa shape index (κ1) is 13.9. The van der Waals surface area contributed by atoms with E-state index in [0.717, 1.165) is 18.5 Å². The minimum Gasteiger partial charge on any atom is -0.341 e. The lowest BCUT2D eigenvalue weighted by Crippen LogP contribution is -2.32. The number of likely N-dealkylation sites (tertiary alicyclic amines) is 1. The molecule has 3 nitrogen and oxygen atoms in total. The fourth-order valence-electron chi connectivity index (χ4n) is 1.90. The minimum atomic E-state index is -0.278. The van der Waals surface area contributed by atoms with Gasteiger partial charge in [0.15, 0.2) is 0 Å². The number of benzene rings is 1. The number of halogens is 2. The van der Waals surface area contributed by atoms with Crippen LogP contribution in [0.2, 0.25) is 0 Å². The van der Waals surface area contributed by atoms with Gasteiger partial charge in [0.25, 0.3) is 0 Å². The number of carbonyl (C=O) groups is 1. The minimum absolute atomic E-state index is 0. The van der Waals surface area contributed by atoms with Gasteiger partial charge in [0, 0.05) is 19.1 Å². The first-order chi connectivity index (χ1) is 7.65. The lowest BCUT2D eigenvalue weighted by atomic mass is 10.1. The molecule has 0 saturated carbocycles. The predicted molar refractivity (Wildman–Crippen MR) is 66.5 cm³/mol. The van der Waals surface area contributed by atoms with E-state index in [1.165, 1.54) is 12.1 Å². The molecule has 1 aliphatic heterocycles. The number of amides is 1. The van der Waals surface area contributed by atoms with E-state index in [-0.39, 0.29) is 30.2 Å². The first-order valence-corrected chi connectivity index (χ1v) is 5.43. The molecule has 0 aliphatic carbocycles. The summed E-state index contributed by atoms with van der Waals surface area (Å²) < 4.78 is 12.7. The van der Waals surface area contributed by atoms with Crippen LogP contribution in [-0.4, -0.2) is 29.9 Å². The summed E-state index contributed by atoms with van der Waals surface area (Å²) in [4.78, 5) is 13.6. The number of carbonyl (C=O) groups excluding carboxylic acids is 1. The number of hydrogen-bond acceptors (Lipinski definition) is 2. The van der Waals surface area contributed by atoms with E-state index in [1.54, 1.807) is 17.0 Å². The maximum Gasteiger partial charge on any atom is 0.227 e. The van der Waals surface area contributed by atoms with Gasteiger partial charge in [-0.15, -0.1) is 12.4 Å². The second-order valence-corrected chi connectivity index (χ2v) is 4.19. The lowest BCUT2D eigenvalue weighted by molar-refractivity contribution is -0.129. The monoisotopic (exact) mass is 258 g/mol. The van der Waals surface area contributed by atoms with Crippen LogP contribution in [0.4, 0.5) is 4.39 Å². The molecule has 1 amide bonds. The third-order valence-corrected chi connectivity index (χ3v) is 2.85. The van der Waals surface area contributed by atoms with Crippen molar-refractivity contribution >= 4 is 18.3 Å². The van der Waals surface area contributed by atoms with E-state index >= 15 is 0 Å². The van der Waals surface area contributed by atoms with E-state index < -0.39 is 0 Å². The SMILES string of the molecule is Cl.N[C@@H]1CCN(C(=O)Cc2ccc(F)cc2)C1. The van der Waals surface area contributed by atoms with E-state index in [0.29, 0.717) is 13.0 Å². The Balaban J connectivity index is 0.00000144. The van der Waals surface area contributed by atoms with Gasteiger partial charge >= 0.3 is 0 Å². The summed E-state index contributed by atoms with van der Waals surface area (Å²) >= 11 is 0. The highest BCUT2D eigenvalue weighted by Crippen LogP contribution is 2.10. The van der Waals surface area contributed by atoms with Crippen molar-refractivity contribution in [1.29, 1.82) is 0 Å². The Morgan fingerprint density at radius 2 is 2.06 bits per heavy atom. The predicted octanol–water partition coefficient (Wildman–Crippen LogP) is 1.35. The molecule has 1 aromatic carbocycles. The highest BCUT2D eigenvalue weighted by Gasteiger charge is 2.23. The average Bonchev–Trinajstić information content (AvgIpc) is 2.68. The number of nitrogens with zero attached hydrogens (tertiary/aromatic N) is 1. The highest BCUT2D eigenvalue weighted by atomic mass is 35.5. The largest absolute Gasteiger partial charge is 0.341 e. The quantitative estimate of drug-likeness (QED) is 0.871. The third-order valence-electron chi connectivity index (χ3n) is 2.85. The maximum atomic E-state index is 12.7. The topological polar surface area (TPSA) is 46.3 Å². The van der Waals surface area contributed by atoms with Gasteiger partial charge in [-0.3, -0.25) is 4.79 Å². The Morgan fingerprint density at radius 1 is 1.41 bits per heavy atom. The number of rotatable bonds is 2. The standard InChI is InChI=1S/C12H15FN2O.ClH/c13-10-3-1-9(2-4-10)7-12(16)15-6-5-11(14)8-15;/h1-4,11H,5-8,14H2;1H/t11-;/m1./s1. The number of nitrogens with two attached hydrogens (primary N) is 1. The molecule has 5 heteroatoms. The van der Waals surface area contributed by atoms with E-state index in [4.69, 9.17) is 5.73 Å². The molecule has 17 heavy (non-hydrogen) atoms. The number of hydrogen-bond donors (Lipinski definition) is 1. The van der Waals surface area contributed by atoms with Crippen molar-refractivity contribution in [2.24, 2.45) is 5.73 Å². The zero-order valence-electron chi connectivity index (χ0n) is 9.43. The van der Waals surface area contributed by atoms with Crippen molar-refractivity contribution in [3.63, 3.8) is 0 Å². The second kappa shape index (κ2) is 5.98. The summed E-state index contributed by atoms with van der Waals surface area (Å²) in [7, 11) is 0. The van der Waals surface area contributed by atoms with Gasteiger partial charge < -0.3 is 10.6 Å². The molecule has 2 rings (SSSR count). The van der Waals surface area contributed by atoms with Crippen LogP contribution >= 0.6 is 12.4 Å². The van der Waals surface area contributed by atoms with Crippen LogP contribution in [0.15, 0.2) is 24.3 Å². The summed E-state index contributed by atoms with van der Waals surface area (Å²) in [5.74, 6) is -0.209. The fraction of sp³-hybridized carbons (Fsp3) is 0.417. The van der Waals surface area contributed by atoms with Crippen molar-refractivity contribution in [2.45, 2.75) is 18.9 Å². The van der Waals surface area contributed by atoms with Crippen molar-refractivity contribution in [1.82, 2.24) is 4.90 Å². The van der Waals surface area contributed by atoms with Crippen LogP contribution in [0.25, 0.3) is 0 Å². The summed E-state index contributed by atoms with van der Waals surface area (Å²) in [5, 5.41) is 0. The molecule has 0 unspecified atom stereocenters. The third kappa shape index (κ3) is 3.68. The van der Waals surface area contributed by atoms with Gasteiger partial charge in [-0.05, 0) is 24.1 Å². The maximum absolute atomic E-state index is 12.7. The van der Waals surface area contributed by atoms with Crippen LogP contribution in [0.1, 0.15) is 12.0 Å². The van der Waals surface area contributed by atoms with Crippen molar-refractivity contribution in [3.8, 4) is 0 Å². The van der Waals surface area contributed by atoms with Crippen LogP contribution in [-0.2, 0) is 11.2 Å². The van der Waals surface area contributed by atoms with Crippen LogP contribution < -0.4 is 5.73 Å². The zero-order valence-corrected chi connectivity index (χ0v) is 10.3. The van der Waals surface area contributed by atoms with Gasteiger partial charge in [0.05, 0.1) is 6.42 Å². The summed E-state index contributed by atoms with van der Waals surface area (Å²) in [6.07, 6.45) is 1.20. The Morgan fingerprint density at radius 3 is 2.59 bits per heavy atom. The normalized spacial score (nSPS) is 18.9. The Kier molecular flexibility index (Phi) is 4.90. The molecular formula is C12H16ClFN2O. The molecule has 0 aromatic heterocycles. The van der Waals surface area contributed by atoms with Gasteiger partial charge in [0.1, 0.15) is 5.82 Å².